The van der Waals surface area contributed by atoms with E-state index >= 15 is 0 Å². The molecule has 1 aromatic rings. The van der Waals surface area contributed by atoms with Crippen LogP contribution in [0.3, 0.4) is 0 Å². The third kappa shape index (κ3) is 3.87. The number of carbonyl (C=O) groups excluding carboxylic acids is 2. The smallest absolute Gasteiger partial charge is 0.257 e. The predicted molar refractivity (Wildman–Crippen MR) is 88.6 cm³/mol. The molecule has 1 aromatic heterocycles. The number of hydrogen-bond donors (Lipinski definition) is 1. The molecule has 0 spiro atoms. The molecule has 2 aliphatic rings. The lowest BCUT2D eigenvalue weighted by Gasteiger charge is -2.39. The van der Waals surface area contributed by atoms with E-state index in [-0.39, 0.29) is 36.2 Å². The van der Waals surface area contributed by atoms with Gasteiger partial charge >= 0.3 is 0 Å². The minimum atomic E-state index is -0.00445. The van der Waals surface area contributed by atoms with Gasteiger partial charge < -0.3 is 19.5 Å². The van der Waals surface area contributed by atoms with Crippen LogP contribution >= 0.6 is 12.4 Å². The molecule has 128 valence electrons. The summed E-state index contributed by atoms with van der Waals surface area (Å²) in [4.78, 5) is 28.7. The Morgan fingerprint density at radius 3 is 2.61 bits per heavy atom. The number of piperidine rings is 1. The summed E-state index contributed by atoms with van der Waals surface area (Å²) in [5, 5.41) is 3.30. The van der Waals surface area contributed by atoms with Crippen molar-refractivity contribution in [3.8, 4) is 0 Å². The molecule has 0 saturated carbocycles. The Bertz CT molecular complexity index is 527. The number of rotatable bonds is 2. The zero-order valence-corrected chi connectivity index (χ0v) is 14.2. The van der Waals surface area contributed by atoms with Crippen molar-refractivity contribution in [2.45, 2.75) is 25.8 Å². The van der Waals surface area contributed by atoms with Gasteiger partial charge in [-0.25, -0.2) is 0 Å². The van der Waals surface area contributed by atoms with Gasteiger partial charge in [0.1, 0.15) is 6.26 Å². The van der Waals surface area contributed by atoms with E-state index in [1.54, 1.807) is 6.07 Å². The molecule has 6 nitrogen and oxygen atoms in total. The zero-order chi connectivity index (χ0) is 15.5. The van der Waals surface area contributed by atoms with Crippen LogP contribution in [0.4, 0.5) is 0 Å². The van der Waals surface area contributed by atoms with Gasteiger partial charge in [0.2, 0.25) is 5.91 Å². The highest BCUT2D eigenvalue weighted by atomic mass is 35.5. The highest BCUT2D eigenvalue weighted by Crippen LogP contribution is 2.22. The van der Waals surface area contributed by atoms with Crippen LogP contribution in [0.1, 0.15) is 30.1 Å². The van der Waals surface area contributed by atoms with Crippen molar-refractivity contribution in [1.29, 1.82) is 0 Å². The van der Waals surface area contributed by atoms with E-state index in [9.17, 15) is 9.59 Å². The number of amides is 2. The Hall–Kier alpha value is -1.53. The van der Waals surface area contributed by atoms with Crippen molar-refractivity contribution in [2.75, 3.05) is 32.7 Å². The molecule has 0 bridgehead atoms. The molecular formula is C16H24ClN3O3. The van der Waals surface area contributed by atoms with E-state index in [0.717, 1.165) is 32.5 Å². The molecule has 7 heteroatoms. The first kappa shape index (κ1) is 17.8. The highest BCUT2D eigenvalue weighted by Gasteiger charge is 2.33. The number of nitrogens with zero attached hydrogens (tertiary/aromatic N) is 2. The minimum Gasteiger partial charge on any atom is -0.472 e. The summed E-state index contributed by atoms with van der Waals surface area (Å²) >= 11 is 0. The maximum atomic E-state index is 12.6. The lowest BCUT2D eigenvalue weighted by atomic mass is 9.94. The van der Waals surface area contributed by atoms with Crippen molar-refractivity contribution in [1.82, 2.24) is 15.1 Å². The number of halogens is 1. The molecule has 2 saturated heterocycles. The maximum Gasteiger partial charge on any atom is 0.257 e. The highest BCUT2D eigenvalue weighted by molar-refractivity contribution is 5.94. The molecule has 3 heterocycles. The zero-order valence-electron chi connectivity index (χ0n) is 13.4. The van der Waals surface area contributed by atoms with E-state index < -0.39 is 0 Å². The molecule has 0 radical (unpaired) electrons. The lowest BCUT2D eigenvalue weighted by molar-refractivity contribution is -0.139. The SMILES string of the molecule is C[C@@H]1CNCCN1C(=O)C1CCN(C(=O)c2ccoc2)CC1.Cl. The fraction of sp³-hybridized carbons (Fsp3) is 0.625. The molecule has 23 heavy (non-hydrogen) atoms. The van der Waals surface area contributed by atoms with Crippen molar-refractivity contribution in [2.24, 2.45) is 5.92 Å². The van der Waals surface area contributed by atoms with E-state index in [4.69, 9.17) is 4.42 Å². The third-order valence-electron chi connectivity index (χ3n) is 4.68. The first-order chi connectivity index (χ1) is 10.7. The molecule has 2 aliphatic heterocycles. The van der Waals surface area contributed by atoms with Gasteiger partial charge in [-0.1, -0.05) is 0 Å². The largest absolute Gasteiger partial charge is 0.472 e. The number of nitrogens with one attached hydrogen (secondary N) is 1. The number of piperazine rings is 1. The lowest BCUT2D eigenvalue weighted by Crippen LogP contribution is -2.55. The predicted octanol–water partition coefficient (Wildman–Crippen LogP) is 1.37. The van der Waals surface area contributed by atoms with E-state index in [0.29, 0.717) is 18.7 Å². The Kier molecular flexibility index (Phi) is 6.07. The van der Waals surface area contributed by atoms with Crippen LogP contribution < -0.4 is 5.32 Å². The van der Waals surface area contributed by atoms with Gasteiger partial charge in [0, 0.05) is 44.7 Å². The summed E-state index contributed by atoms with van der Waals surface area (Å²) in [6.45, 7) is 5.88. The molecule has 2 fully saturated rings. The van der Waals surface area contributed by atoms with Crippen molar-refractivity contribution < 1.29 is 14.0 Å². The summed E-state index contributed by atoms with van der Waals surface area (Å²) in [6, 6.07) is 1.94. The average Bonchev–Trinajstić information content (AvgIpc) is 3.09. The molecule has 0 aliphatic carbocycles. The fourth-order valence-corrected chi connectivity index (χ4v) is 3.30. The van der Waals surface area contributed by atoms with E-state index in [1.807, 2.05) is 9.80 Å². The minimum absolute atomic E-state index is 0. The molecule has 1 N–H and O–H groups in total. The van der Waals surface area contributed by atoms with Crippen LogP contribution in [0.25, 0.3) is 0 Å². The summed E-state index contributed by atoms with van der Waals surface area (Å²) in [5.41, 5.74) is 0.584. The Morgan fingerprint density at radius 2 is 2.00 bits per heavy atom. The second-order valence-electron chi connectivity index (χ2n) is 6.16. The van der Waals surface area contributed by atoms with Crippen LogP contribution in [0.15, 0.2) is 23.0 Å². The van der Waals surface area contributed by atoms with Gasteiger partial charge in [-0.05, 0) is 25.8 Å². The summed E-state index contributed by atoms with van der Waals surface area (Å²) in [5.74, 6) is 0.300. The number of carbonyl (C=O) groups is 2. The number of hydrogen-bond acceptors (Lipinski definition) is 4. The van der Waals surface area contributed by atoms with Gasteiger partial charge in [0.05, 0.1) is 11.8 Å². The van der Waals surface area contributed by atoms with E-state index in [2.05, 4.69) is 12.2 Å². The summed E-state index contributed by atoms with van der Waals surface area (Å²) in [6.07, 6.45) is 4.48. The summed E-state index contributed by atoms with van der Waals surface area (Å²) < 4.78 is 4.96. The second kappa shape index (κ2) is 7.84. The monoisotopic (exact) mass is 341 g/mol. The van der Waals surface area contributed by atoms with Gasteiger partial charge in [-0.3, -0.25) is 9.59 Å². The standard InChI is InChI=1S/C16H23N3O3.ClH/c1-12-10-17-5-8-19(12)16(21)13-2-6-18(7-3-13)15(20)14-4-9-22-11-14;/h4,9,11-13,17H,2-3,5-8,10H2,1H3;1H/t12-;/m1./s1. The van der Waals surface area contributed by atoms with E-state index in [1.165, 1.54) is 12.5 Å². The first-order valence-corrected chi connectivity index (χ1v) is 7.99. The van der Waals surface area contributed by atoms with Crippen molar-refractivity contribution in [3.05, 3.63) is 24.2 Å². The summed E-state index contributed by atoms with van der Waals surface area (Å²) in [7, 11) is 0. The third-order valence-corrected chi connectivity index (χ3v) is 4.68. The maximum absolute atomic E-state index is 12.6. The van der Waals surface area contributed by atoms with Crippen LogP contribution in [0, 0.1) is 5.92 Å². The quantitative estimate of drug-likeness (QED) is 0.882. The molecule has 0 aromatic carbocycles. The molecule has 2 amide bonds. The molecular weight excluding hydrogens is 318 g/mol. The molecule has 1 atom stereocenters. The molecule has 3 rings (SSSR count). The number of furan rings is 1. The fourth-order valence-electron chi connectivity index (χ4n) is 3.30. The van der Waals surface area contributed by atoms with Crippen molar-refractivity contribution in [3.63, 3.8) is 0 Å². The topological polar surface area (TPSA) is 65.8 Å². The molecule has 0 unspecified atom stereocenters. The second-order valence-corrected chi connectivity index (χ2v) is 6.16. The Balaban J connectivity index is 0.00000192. The van der Waals surface area contributed by atoms with Crippen LogP contribution in [0.5, 0.6) is 0 Å². The van der Waals surface area contributed by atoms with Gasteiger partial charge in [-0.2, -0.15) is 0 Å². The normalized spacial score (nSPS) is 22.6. The average molecular weight is 342 g/mol. The van der Waals surface area contributed by atoms with Crippen molar-refractivity contribution >= 4 is 24.2 Å². The Morgan fingerprint density at radius 1 is 1.26 bits per heavy atom. The van der Waals surface area contributed by atoms with Gasteiger partial charge in [-0.15, -0.1) is 12.4 Å². The van der Waals surface area contributed by atoms with Gasteiger partial charge in [0.15, 0.2) is 0 Å². The van der Waals surface area contributed by atoms with Crippen LogP contribution in [0.2, 0.25) is 0 Å². The van der Waals surface area contributed by atoms with Crippen LogP contribution in [-0.2, 0) is 4.79 Å². The number of likely N-dealkylation sites (tertiary alicyclic amines) is 1. The van der Waals surface area contributed by atoms with Crippen LogP contribution in [-0.4, -0.2) is 60.4 Å². The van der Waals surface area contributed by atoms with Gasteiger partial charge in [0.25, 0.3) is 5.91 Å². The first-order valence-electron chi connectivity index (χ1n) is 7.99. The Labute approximate surface area is 142 Å².